The van der Waals surface area contributed by atoms with E-state index in [-0.39, 0.29) is 5.91 Å². The van der Waals surface area contributed by atoms with Crippen LogP contribution in [0.1, 0.15) is 31.2 Å². The van der Waals surface area contributed by atoms with Crippen LogP contribution in [0.2, 0.25) is 0 Å². The highest BCUT2D eigenvalue weighted by Crippen LogP contribution is 2.24. The Bertz CT molecular complexity index is 627. The molecule has 126 valence electrons. The average Bonchev–Trinajstić information content (AvgIpc) is 3.10. The van der Waals surface area contributed by atoms with Crippen LogP contribution < -0.4 is 10.2 Å². The normalized spacial score (nSPS) is 17.0. The van der Waals surface area contributed by atoms with Crippen molar-refractivity contribution >= 4 is 11.6 Å². The van der Waals surface area contributed by atoms with Crippen molar-refractivity contribution in [3.05, 3.63) is 66.2 Å². The van der Waals surface area contributed by atoms with Gasteiger partial charge in [0.25, 0.3) is 0 Å². The quantitative estimate of drug-likeness (QED) is 0.841. The molecule has 0 radical (unpaired) electrons. The third-order valence-corrected chi connectivity index (χ3v) is 4.71. The lowest BCUT2D eigenvalue weighted by Gasteiger charge is -2.27. The second-order valence-corrected chi connectivity index (χ2v) is 6.47. The SMILES string of the molecule is O=C(CCCc1ccccc1)NCC1CCCN1c1ccccc1. The molecule has 1 atom stereocenters. The standard InChI is InChI=1S/C21H26N2O/c24-21(15-7-11-18-9-3-1-4-10-18)22-17-20-14-8-16-23(20)19-12-5-2-6-13-19/h1-6,9-10,12-13,20H,7-8,11,14-17H2,(H,22,24). The van der Waals surface area contributed by atoms with Gasteiger partial charge in [-0.2, -0.15) is 0 Å². The molecule has 3 rings (SSSR count). The Morgan fingerprint density at radius 1 is 1.04 bits per heavy atom. The number of carbonyl (C=O) groups is 1. The zero-order valence-corrected chi connectivity index (χ0v) is 14.2. The van der Waals surface area contributed by atoms with Gasteiger partial charge in [-0.15, -0.1) is 0 Å². The van der Waals surface area contributed by atoms with E-state index in [1.807, 2.05) is 24.3 Å². The van der Waals surface area contributed by atoms with Crippen LogP contribution in [0.3, 0.4) is 0 Å². The molecule has 2 aromatic carbocycles. The van der Waals surface area contributed by atoms with Crippen LogP contribution >= 0.6 is 0 Å². The van der Waals surface area contributed by atoms with Crippen molar-refractivity contribution in [3.63, 3.8) is 0 Å². The first-order valence-electron chi connectivity index (χ1n) is 8.95. The molecule has 0 spiro atoms. The zero-order valence-electron chi connectivity index (χ0n) is 14.2. The average molecular weight is 322 g/mol. The van der Waals surface area contributed by atoms with E-state index in [0.717, 1.165) is 32.4 Å². The fourth-order valence-corrected chi connectivity index (χ4v) is 3.43. The minimum absolute atomic E-state index is 0.172. The summed E-state index contributed by atoms with van der Waals surface area (Å²) < 4.78 is 0. The maximum atomic E-state index is 12.1. The highest BCUT2D eigenvalue weighted by molar-refractivity contribution is 5.76. The number of amides is 1. The Morgan fingerprint density at radius 2 is 1.75 bits per heavy atom. The van der Waals surface area contributed by atoms with Crippen molar-refractivity contribution in [1.29, 1.82) is 0 Å². The zero-order chi connectivity index (χ0) is 16.6. The molecule has 1 saturated heterocycles. The van der Waals surface area contributed by atoms with Gasteiger partial charge in [-0.1, -0.05) is 48.5 Å². The molecule has 3 heteroatoms. The van der Waals surface area contributed by atoms with Gasteiger partial charge in [0.15, 0.2) is 0 Å². The predicted molar refractivity (Wildman–Crippen MR) is 99.2 cm³/mol. The van der Waals surface area contributed by atoms with E-state index in [2.05, 4.69) is 46.6 Å². The summed E-state index contributed by atoms with van der Waals surface area (Å²) in [4.78, 5) is 14.5. The first kappa shape index (κ1) is 16.6. The molecule has 2 aromatic rings. The van der Waals surface area contributed by atoms with Gasteiger partial charge < -0.3 is 10.2 Å². The van der Waals surface area contributed by atoms with Crippen LogP contribution in [0.15, 0.2) is 60.7 Å². The Kier molecular flexibility index (Phi) is 5.89. The number of nitrogens with zero attached hydrogens (tertiary/aromatic N) is 1. The lowest BCUT2D eigenvalue weighted by Crippen LogP contribution is -2.40. The van der Waals surface area contributed by atoms with Gasteiger partial charge in [-0.05, 0) is 43.4 Å². The molecule has 0 aliphatic carbocycles. The predicted octanol–water partition coefficient (Wildman–Crippen LogP) is 3.79. The molecule has 1 fully saturated rings. The maximum Gasteiger partial charge on any atom is 0.220 e. The Balaban J connectivity index is 1.41. The summed E-state index contributed by atoms with van der Waals surface area (Å²) in [6.45, 7) is 1.83. The van der Waals surface area contributed by atoms with Crippen LogP contribution in [0, 0.1) is 0 Å². The molecule has 3 nitrogen and oxygen atoms in total. The molecule has 24 heavy (non-hydrogen) atoms. The van der Waals surface area contributed by atoms with Crippen molar-refractivity contribution in [1.82, 2.24) is 5.32 Å². The third kappa shape index (κ3) is 4.60. The van der Waals surface area contributed by atoms with E-state index >= 15 is 0 Å². The van der Waals surface area contributed by atoms with Crippen LogP contribution in [-0.4, -0.2) is 25.0 Å². The number of para-hydroxylation sites is 1. The van der Waals surface area contributed by atoms with Gasteiger partial charge in [-0.3, -0.25) is 4.79 Å². The van der Waals surface area contributed by atoms with Crippen molar-refractivity contribution in [2.24, 2.45) is 0 Å². The second kappa shape index (κ2) is 8.53. The van der Waals surface area contributed by atoms with Gasteiger partial charge in [-0.25, -0.2) is 0 Å². The highest BCUT2D eigenvalue weighted by Gasteiger charge is 2.24. The van der Waals surface area contributed by atoms with Gasteiger partial charge in [0.2, 0.25) is 5.91 Å². The fourth-order valence-electron chi connectivity index (χ4n) is 3.43. The Hall–Kier alpha value is -2.29. The maximum absolute atomic E-state index is 12.1. The summed E-state index contributed by atoms with van der Waals surface area (Å²) in [7, 11) is 0. The van der Waals surface area contributed by atoms with E-state index in [1.54, 1.807) is 0 Å². The summed E-state index contributed by atoms with van der Waals surface area (Å²) in [6, 6.07) is 21.3. The third-order valence-electron chi connectivity index (χ3n) is 4.71. The minimum atomic E-state index is 0.172. The molecule has 1 unspecified atom stereocenters. The molecule has 0 aromatic heterocycles. The smallest absolute Gasteiger partial charge is 0.220 e. The van der Waals surface area contributed by atoms with Gasteiger partial charge in [0.1, 0.15) is 0 Å². The summed E-state index contributed by atoms with van der Waals surface area (Å²) in [5.74, 6) is 0.172. The lowest BCUT2D eigenvalue weighted by atomic mass is 10.1. The van der Waals surface area contributed by atoms with E-state index in [9.17, 15) is 4.79 Å². The van der Waals surface area contributed by atoms with Crippen LogP contribution in [-0.2, 0) is 11.2 Å². The minimum Gasteiger partial charge on any atom is -0.367 e. The molecule has 1 N–H and O–H groups in total. The first-order valence-corrected chi connectivity index (χ1v) is 8.95. The van der Waals surface area contributed by atoms with Crippen LogP contribution in [0.5, 0.6) is 0 Å². The number of hydrogen-bond acceptors (Lipinski definition) is 2. The Labute approximate surface area is 144 Å². The van der Waals surface area contributed by atoms with Gasteiger partial charge in [0, 0.05) is 31.2 Å². The summed E-state index contributed by atoms with van der Waals surface area (Å²) in [5.41, 5.74) is 2.56. The molecule has 1 amide bonds. The molecule has 1 heterocycles. The summed E-state index contributed by atoms with van der Waals surface area (Å²) in [5, 5.41) is 3.13. The fraction of sp³-hybridized carbons (Fsp3) is 0.381. The van der Waals surface area contributed by atoms with Crippen LogP contribution in [0.25, 0.3) is 0 Å². The number of aryl methyl sites for hydroxylation is 1. The van der Waals surface area contributed by atoms with Crippen molar-refractivity contribution in [2.75, 3.05) is 18.0 Å². The van der Waals surface area contributed by atoms with Crippen LogP contribution in [0.4, 0.5) is 5.69 Å². The van der Waals surface area contributed by atoms with Crippen molar-refractivity contribution in [2.45, 2.75) is 38.1 Å². The largest absolute Gasteiger partial charge is 0.367 e. The molecular weight excluding hydrogens is 296 g/mol. The number of carbonyl (C=O) groups excluding carboxylic acids is 1. The number of benzene rings is 2. The number of nitrogens with one attached hydrogen (secondary N) is 1. The number of rotatable bonds is 7. The molecule has 0 saturated carbocycles. The Morgan fingerprint density at radius 3 is 2.50 bits per heavy atom. The molecule has 1 aliphatic rings. The summed E-state index contributed by atoms with van der Waals surface area (Å²) >= 11 is 0. The number of anilines is 1. The highest BCUT2D eigenvalue weighted by atomic mass is 16.1. The first-order chi connectivity index (χ1) is 11.8. The number of hydrogen-bond donors (Lipinski definition) is 1. The van der Waals surface area contributed by atoms with Gasteiger partial charge in [0.05, 0.1) is 0 Å². The van der Waals surface area contributed by atoms with Gasteiger partial charge >= 0.3 is 0 Å². The molecule has 0 bridgehead atoms. The van der Waals surface area contributed by atoms with E-state index in [0.29, 0.717) is 12.5 Å². The second-order valence-electron chi connectivity index (χ2n) is 6.47. The van der Waals surface area contributed by atoms with E-state index in [1.165, 1.54) is 17.7 Å². The lowest BCUT2D eigenvalue weighted by molar-refractivity contribution is -0.121. The van der Waals surface area contributed by atoms with Crippen molar-refractivity contribution in [3.8, 4) is 0 Å². The van der Waals surface area contributed by atoms with Crippen molar-refractivity contribution < 1.29 is 4.79 Å². The van der Waals surface area contributed by atoms with E-state index < -0.39 is 0 Å². The van der Waals surface area contributed by atoms with E-state index in [4.69, 9.17) is 0 Å². The monoisotopic (exact) mass is 322 g/mol. The summed E-state index contributed by atoms with van der Waals surface area (Å²) in [6.07, 6.45) is 4.83. The molecular formula is C21H26N2O. The topological polar surface area (TPSA) is 32.3 Å². The molecule has 1 aliphatic heterocycles.